The number of benzene rings is 2. The Morgan fingerprint density at radius 1 is 1.17 bits per heavy atom. The monoisotopic (exact) mass is 320 g/mol. The molecule has 18 heavy (non-hydrogen) atoms. The number of para-hydroxylation sites is 1. The number of rotatable bonds is 2. The average molecular weight is 321 g/mol. The van der Waals surface area contributed by atoms with Crippen molar-refractivity contribution in [1.29, 1.82) is 0 Å². The molecule has 2 aromatic carbocycles. The molecule has 0 spiro atoms. The molecule has 2 N–H and O–H groups in total. The predicted molar refractivity (Wildman–Crippen MR) is 80.6 cm³/mol. The highest BCUT2D eigenvalue weighted by molar-refractivity contribution is 9.10. The maximum atomic E-state index is 6.19. The fourth-order valence-corrected chi connectivity index (χ4v) is 3.62. The molecule has 0 saturated carbocycles. The van der Waals surface area contributed by atoms with Crippen molar-refractivity contribution in [3.05, 3.63) is 58.6 Å². The van der Waals surface area contributed by atoms with Crippen LogP contribution in [0.2, 0.25) is 0 Å². The van der Waals surface area contributed by atoms with Crippen LogP contribution in [0.4, 0.5) is 5.69 Å². The van der Waals surface area contributed by atoms with Crippen molar-refractivity contribution in [3.8, 4) is 0 Å². The van der Waals surface area contributed by atoms with Gasteiger partial charge in [0.2, 0.25) is 0 Å². The summed E-state index contributed by atoms with van der Waals surface area (Å²) in [5, 5.41) is 0. The summed E-state index contributed by atoms with van der Waals surface area (Å²) in [5.74, 6) is 0. The highest BCUT2D eigenvalue weighted by Gasteiger charge is 2.26. The third kappa shape index (κ3) is 2.28. The Balaban J connectivity index is 1.89. The number of hydrogen-bond donors (Lipinski definition) is 1. The first-order valence-corrected chi connectivity index (χ1v) is 7.44. The zero-order chi connectivity index (χ0) is 12.5. The summed E-state index contributed by atoms with van der Waals surface area (Å²) >= 11 is 5.22. The van der Waals surface area contributed by atoms with E-state index in [0.29, 0.717) is 0 Å². The van der Waals surface area contributed by atoms with Gasteiger partial charge in [0.1, 0.15) is 5.50 Å². The second kappa shape index (κ2) is 4.96. The van der Waals surface area contributed by atoms with Gasteiger partial charge in [-0.15, -0.1) is 0 Å². The van der Waals surface area contributed by atoms with Crippen molar-refractivity contribution in [1.82, 2.24) is 0 Å². The van der Waals surface area contributed by atoms with Gasteiger partial charge in [-0.05, 0) is 29.8 Å². The molecule has 0 aliphatic carbocycles. The molecule has 0 amide bonds. The van der Waals surface area contributed by atoms with Crippen LogP contribution in [-0.4, -0.2) is 5.50 Å². The summed E-state index contributed by atoms with van der Waals surface area (Å²) in [4.78, 5) is 3.50. The fourth-order valence-electron chi connectivity index (χ4n) is 2.13. The lowest BCUT2D eigenvalue weighted by molar-refractivity contribution is 0.779. The van der Waals surface area contributed by atoms with Crippen LogP contribution in [0.25, 0.3) is 0 Å². The zero-order valence-electron chi connectivity index (χ0n) is 9.71. The predicted octanol–water partition coefficient (Wildman–Crippen LogP) is 3.80. The van der Waals surface area contributed by atoms with E-state index in [1.807, 2.05) is 6.07 Å². The summed E-state index contributed by atoms with van der Waals surface area (Å²) < 4.78 is 1.11. The van der Waals surface area contributed by atoms with E-state index in [0.717, 1.165) is 11.0 Å². The molecule has 4 heteroatoms. The quantitative estimate of drug-likeness (QED) is 0.912. The normalized spacial score (nSPS) is 17.9. The van der Waals surface area contributed by atoms with Gasteiger partial charge in [0.15, 0.2) is 0 Å². The number of fused-ring (bicyclic) bond motifs is 1. The molecule has 0 fully saturated rings. The Labute approximate surface area is 119 Å². The van der Waals surface area contributed by atoms with Crippen LogP contribution >= 0.6 is 27.7 Å². The Kier molecular flexibility index (Phi) is 3.33. The van der Waals surface area contributed by atoms with Crippen LogP contribution in [-0.2, 0) is 6.54 Å². The van der Waals surface area contributed by atoms with Gasteiger partial charge < -0.3 is 10.6 Å². The molecular formula is C14H13BrN2S. The van der Waals surface area contributed by atoms with Gasteiger partial charge in [-0.1, -0.05) is 52.0 Å². The molecule has 1 heterocycles. The molecule has 2 nitrogen and oxygen atoms in total. The molecular weight excluding hydrogens is 308 g/mol. The molecule has 0 bridgehead atoms. The van der Waals surface area contributed by atoms with Crippen molar-refractivity contribution < 1.29 is 0 Å². The average Bonchev–Trinajstić information content (AvgIpc) is 2.66. The largest absolute Gasteiger partial charge is 0.342 e. The van der Waals surface area contributed by atoms with E-state index < -0.39 is 0 Å². The minimum absolute atomic E-state index is 0.00128. The molecule has 0 aromatic heterocycles. The van der Waals surface area contributed by atoms with Gasteiger partial charge in [0, 0.05) is 15.9 Å². The Morgan fingerprint density at radius 3 is 2.83 bits per heavy atom. The minimum atomic E-state index is 0.00128. The molecule has 0 radical (unpaired) electrons. The summed E-state index contributed by atoms with van der Waals surface area (Å²) in [6, 6.07) is 16.7. The number of halogens is 1. The van der Waals surface area contributed by atoms with Crippen molar-refractivity contribution in [2.45, 2.75) is 16.9 Å². The van der Waals surface area contributed by atoms with Crippen LogP contribution in [0.5, 0.6) is 0 Å². The van der Waals surface area contributed by atoms with E-state index in [1.165, 1.54) is 16.1 Å². The number of thioether (sulfide) groups is 1. The SMILES string of the molecule is NC1Sc2ccccc2N1Cc1cccc(Br)c1. The molecule has 0 saturated heterocycles. The summed E-state index contributed by atoms with van der Waals surface area (Å²) in [7, 11) is 0. The molecule has 1 aliphatic rings. The lowest BCUT2D eigenvalue weighted by Gasteiger charge is -2.23. The smallest absolute Gasteiger partial charge is 0.130 e. The van der Waals surface area contributed by atoms with Gasteiger partial charge in [-0.3, -0.25) is 0 Å². The Morgan fingerprint density at radius 2 is 2.00 bits per heavy atom. The third-order valence-corrected chi connectivity index (χ3v) is 4.56. The highest BCUT2D eigenvalue weighted by atomic mass is 79.9. The molecule has 1 aliphatic heterocycles. The first-order valence-electron chi connectivity index (χ1n) is 5.76. The van der Waals surface area contributed by atoms with Crippen molar-refractivity contribution in [2.75, 3.05) is 4.90 Å². The van der Waals surface area contributed by atoms with Crippen LogP contribution in [0.1, 0.15) is 5.56 Å². The number of nitrogens with two attached hydrogens (primary N) is 1. The summed E-state index contributed by atoms with van der Waals surface area (Å²) in [5.41, 5.74) is 8.69. The lowest BCUT2D eigenvalue weighted by Crippen LogP contribution is -2.35. The first kappa shape index (κ1) is 12.1. The standard InChI is InChI=1S/C14H13BrN2S/c15-11-5-3-4-10(8-11)9-17-12-6-1-2-7-13(12)18-14(17)16/h1-8,14H,9,16H2. The van der Waals surface area contributed by atoms with E-state index in [4.69, 9.17) is 5.73 Å². The highest BCUT2D eigenvalue weighted by Crippen LogP contribution is 2.41. The minimum Gasteiger partial charge on any atom is -0.342 e. The van der Waals surface area contributed by atoms with Crippen LogP contribution in [0.15, 0.2) is 57.9 Å². The lowest BCUT2D eigenvalue weighted by atomic mass is 10.2. The second-order valence-electron chi connectivity index (χ2n) is 4.23. The maximum absolute atomic E-state index is 6.19. The van der Waals surface area contributed by atoms with Gasteiger partial charge in [-0.25, -0.2) is 0 Å². The van der Waals surface area contributed by atoms with Gasteiger partial charge >= 0.3 is 0 Å². The van der Waals surface area contributed by atoms with Gasteiger partial charge in [-0.2, -0.15) is 0 Å². The van der Waals surface area contributed by atoms with Gasteiger partial charge in [0.05, 0.1) is 5.69 Å². The summed E-state index contributed by atoms with van der Waals surface area (Å²) in [6.07, 6.45) is 0. The van der Waals surface area contributed by atoms with E-state index in [2.05, 4.69) is 63.3 Å². The molecule has 1 atom stereocenters. The zero-order valence-corrected chi connectivity index (χ0v) is 12.1. The maximum Gasteiger partial charge on any atom is 0.130 e. The summed E-state index contributed by atoms with van der Waals surface area (Å²) in [6.45, 7) is 0.838. The Hall–Kier alpha value is -0.970. The molecule has 92 valence electrons. The Bertz CT molecular complexity index is 573. The van der Waals surface area contributed by atoms with Crippen molar-refractivity contribution >= 4 is 33.4 Å². The second-order valence-corrected chi connectivity index (χ2v) is 6.31. The topological polar surface area (TPSA) is 29.3 Å². The first-order chi connectivity index (χ1) is 8.74. The molecule has 2 aromatic rings. The van der Waals surface area contributed by atoms with Crippen molar-refractivity contribution in [3.63, 3.8) is 0 Å². The van der Waals surface area contributed by atoms with E-state index in [9.17, 15) is 0 Å². The van der Waals surface area contributed by atoms with E-state index in [-0.39, 0.29) is 5.50 Å². The number of nitrogens with zero attached hydrogens (tertiary/aromatic N) is 1. The van der Waals surface area contributed by atoms with Gasteiger partial charge in [0.25, 0.3) is 0 Å². The molecule has 1 unspecified atom stereocenters. The van der Waals surface area contributed by atoms with E-state index >= 15 is 0 Å². The molecule has 3 rings (SSSR count). The van der Waals surface area contributed by atoms with E-state index in [1.54, 1.807) is 11.8 Å². The van der Waals surface area contributed by atoms with Crippen LogP contribution < -0.4 is 10.6 Å². The van der Waals surface area contributed by atoms with Crippen LogP contribution in [0.3, 0.4) is 0 Å². The number of anilines is 1. The van der Waals surface area contributed by atoms with Crippen LogP contribution in [0, 0.1) is 0 Å². The third-order valence-electron chi connectivity index (χ3n) is 2.97. The number of hydrogen-bond acceptors (Lipinski definition) is 3. The fraction of sp³-hybridized carbons (Fsp3) is 0.143. The van der Waals surface area contributed by atoms with Crippen molar-refractivity contribution in [2.24, 2.45) is 5.73 Å².